The smallest absolute Gasteiger partial charge is 0.246 e. The lowest BCUT2D eigenvalue weighted by atomic mass is 9.96. The molecule has 2 rings (SSSR count). The van der Waals surface area contributed by atoms with Crippen LogP contribution in [-0.2, 0) is 9.59 Å². The zero-order valence-corrected chi connectivity index (χ0v) is 13.7. The van der Waals surface area contributed by atoms with Crippen molar-refractivity contribution in [3.8, 4) is 0 Å². The SMILES string of the molecule is CCCC1NC(=O)C(CC)N(C2CCCC(C)CC2)C1=O. The maximum Gasteiger partial charge on any atom is 0.246 e. The minimum Gasteiger partial charge on any atom is -0.343 e. The Morgan fingerprint density at radius 2 is 1.90 bits per heavy atom. The molecule has 0 aromatic carbocycles. The Morgan fingerprint density at radius 1 is 1.14 bits per heavy atom. The van der Waals surface area contributed by atoms with Gasteiger partial charge in [-0.2, -0.15) is 0 Å². The number of nitrogens with one attached hydrogen (secondary N) is 1. The van der Waals surface area contributed by atoms with Crippen molar-refractivity contribution in [3.05, 3.63) is 0 Å². The van der Waals surface area contributed by atoms with Crippen LogP contribution < -0.4 is 5.32 Å². The van der Waals surface area contributed by atoms with Crippen LogP contribution in [0.25, 0.3) is 0 Å². The fraction of sp³-hybridized carbons (Fsp3) is 0.882. The second kappa shape index (κ2) is 7.28. The second-order valence-electron chi connectivity index (χ2n) is 6.79. The van der Waals surface area contributed by atoms with Crippen molar-refractivity contribution in [2.24, 2.45) is 5.92 Å². The fourth-order valence-corrected chi connectivity index (χ4v) is 3.84. The topological polar surface area (TPSA) is 49.4 Å². The van der Waals surface area contributed by atoms with E-state index in [4.69, 9.17) is 0 Å². The third kappa shape index (κ3) is 3.58. The summed E-state index contributed by atoms with van der Waals surface area (Å²) in [6.45, 7) is 6.36. The molecule has 2 aliphatic rings. The molecule has 0 aromatic rings. The maximum atomic E-state index is 12.8. The molecule has 1 heterocycles. The van der Waals surface area contributed by atoms with Crippen LogP contribution in [0.3, 0.4) is 0 Å². The molecule has 0 spiro atoms. The Labute approximate surface area is 128 Å². The number of hydrogen-bond acceptors (Lipinski definition) is 2. The minimum atomic E-state index is -0.300. The van der Waals surface area contributed by atoms with E-state index in [1.54, 1.807) is 0 Å². The summed E-state index contributed by atoms with van der Waals surface area (Å²) in [6, 6.07) is -0.298. The van der Waals surface area contributed by atoms with E-state index >= 15 is 0 Å². The summed E-state index contributed by atoms with van der Waals surface area (Å²) in [4.78, 5) is 27.1. The molecule has 2 fully saturated rings. The summed E-state index contributed by atoms with van der Waals surface area (Å²) in [5.74, 6) is 0.950. The highest BCUT2D eigenvalue weighted by Crippen LogP contribution is 2.29. The van der Waals surface area contributed by atoms with Crippen LogP contribution in [-0.4, -0.2) is 34.8 Å². The summed E-state index contributed by atoms with van der Waals surface area (Å²) in [5, 5.41) is 2.93. The van der Waals surface area contributed by atoms with Gasteiger partial charge in [-0.05, 0) is 38.0 Å². The lowest BCUT2D eigenvalue weighted by Crippen LogP contribution is -2.65. The molecule has 4 heteroatoms. The largest absolute Gasteiger partial charge is 0.343 e. The van der Waals surface area contributed by atoms with Gasteiger partial charge < -0.3 is 10.2 Å². The first kappa shape index (κ1) is 16.3. The van der Waals surface area contributed by atoms with Crippen LogP contribution in [0.5, 0.6) is 0 Å². The quantitative estimate of drug-likeness (QED) is 0.811. The number of carbonyl (C=O) groups excluding carboxylic acids is 2. The highest BCUT2D eigenvalue weighted by Gasteiger charge is 2.42. The third-order valence-corrected chi connectivity index (χ3v) is 5.09. The first-order chi connectivity index (χ1) is 10.1. The molecule has 21 heavy (non-hydrogen) atoms. The van der Waals surface area contributed by atoms with Crippen molar-refractivity contribution in [2.45, 2.75) is 90.3 Å². The average Bonchev–Trinajstić information content (AvgIpc) is 2.67. The monoisotopic (exact) mass is 294 g/mol. The fourth-order valence-electron chi connectivity index (χ4n) is 3.84. The van der Waals surface area contributed by atoms with Gasteiger partial charge in [0.1, 0.15) is 12.1 Å². The van der Waals surface area contributed by atoms with E-state index in [1.165, 1.54) is 19.3 Å². The molecule has 4 nitrogen and oxygen atoms in total. The summed E-state index contributed by atoms with van der Waals surface area (Å²) in [7, 11) is 0. The Hall–Kier alpha value is -1.06. The van der Waals surface area contributed by atoms with Gasteiger partial charge in [-0.15, -0.1) is 0 Å². The van der Waals surface area contributed by atoms with E-state index < -0.39 is 0 Å². The van der Waals surface area contributed by atoms with Crippen LogP contribution in [0.15, 0.2) is 0 Å². The number of hydrogen-bond donors (Lipinski definition) is 1. The van der Waals surface area contributed by atoms with Gasteiger partial charge in [-0.25, -0.2) is 0 Å². The normalized spacial score (nSPS) is 34.5. The Kier molecular flexibility index (Phi) is 5.65. The minimum absolute atomic E-state index is 0.0489. The first-order valence-corrected chi connectivity index (χ1v) is 8.71. The van der Waals surface area contributed by atoms with Crippen molar-refractivity contribution in [3.63, 3.8) is 0 Å². The van der Waals surface area contributed by atoms with Crippen LogP contribution in [0.2, 0.25) is 0 Å². The zero-order valence-electron chi connectivity index (χ0n) is 13.7. The summed E-state index contributed by atoms with van der Waals surface area (Å²) < 4.78 is 0. The van der Waals surface area contributed by atoms with Gasteiger partial charge in [0.25, 0.3) is 0 Å². The van der Waals surface area contributed by atoms with E-state index in [0.717, 1.165) is 31.6 Å². The van der Waals surface area contributed by atoms with Gasteiger partial charge >= 0.3 is 0 Å². The van der Waals surface area contributed by atoms with Crippen molar-refractivity contribution in [2.75, 3.05) is 0 Å². The summed E-state index contributed by atoms with van der Waals surface area (Å²) in [5.41, 5.74) is 0. The highest BCUT2D eigenvalue weighted by atomic mass is 16.2. The van der Waals surface area contributed by atoms with Crippen molar-refractivity contribution in [1.29, 1.82) is 0 Å². The Bertz CT molecular complexity index is 383. The van der Waals surface area contributed by atoms with Gasteiger partial charge in [-0.3, -0.25) is 9.59 Å². The predicted octanol–water partition coefficient (Wildman–Crippen LogP) is 2.86. The standard InChI is InChI=1S/C17H30N2O2/c1-4-7-14-17(21)19(15(5-2)16(20)18-14)13-9-6-8-12(3)10-11-13/h12-15H,4-11H2,1-3H3,(H,18,20). The number of carbonyl (C=O) groups is 2. The lowest BCUT2D eigenvalue weighted by molar-refractivity contribution is -0.153. The van der Waals surface area contributed by atoms with Crippen LogP contribution >= 0.6 is 0 Å². The molecule has 4 unspecified atom stereocenters. The average molecular weight is 294 g/mol. The highest BCUT2D eigenvalue weighted by molar-refractivity contribution is 5.97. The Morgan fingerprint density at radius 3 is 2.57 bits per heavy atom. The van der Waals surface area contributed by atoms with Crippen molar-refractivity contribution in [1.82, 2.24) is 10.2 Å². The van der Waals surface area contributed by atoms with Crippen molar-refractivity contribution < 1.29 is 9.59 Å². The maximum absolute atomic E-state index is 12.8. The van der Waals surface area contributed by atoms with Crippen LogP contribution in [0.4, 0.5) is 0 Å². The van der Waals surface area contributed by atoms with Gasteiger partial charge in [0.15, 0.2) is 0 Å². The van der Waals surface area contributed by atoms with Gasteiger partial charge in [0.2, 0.25) is 11.8 Å². The molecule has 0 aromatic heterocycles. The lowest BCUT2D eigenvalue weighted by Gasteiger charge is -2.43. The molecule has 1 aliphatic heterocycles. The van der Waals surface area contributed by atoms with Gasteiger partial charge in [0.05, 0.1) is 0 Å². The first-order valence-electron chi connectivity index (χ1n) is 8.71. The summed E-state index contributed by atoms with van der Waals surface area (Å²) in [6.07, 6.45) is 8.08. The molecule has 4 atom stereocenters. The molecule has 1 aliphatic carbocycles. The number of piperazine rings is 1. The van der Waals surface area contributed by atoms with E-state index in [2.05, 4.69) is 19.2 Å². The Balaban J connectivity index is 2.18. The third-order valence-electron chi connectivity index (χ3n) is 5.09. The van der Waals surface area contributed by atoms with E-state index in [0.29, 0.717) is 6.42 Å². The molecular formula is C17H30N2O2. The molecule has 1 saturated heterocycles. The van der Waals surface area contributed by atoms with Gasteiger partial charge in [-0.1, -0.05) is 40.0 Å². The molecular weight excluding hydrogens is 264 g/mol. The van der Waals surface area contributed by atoms with E-state index in [1.807, 2.05) is 11.8 Å². The number of nitrogens with zero attached hydrogens (tertiary/aromatic N) is 1. The van der Waals surface area contributed by atoms with Crippen LogP contribution in [0.1, 0.15) is 72.1 Å². The molecule has 2 amide bonds. The van der Waals surface area contributed by atoms with Crippen LogP contribution in [0, 0.1) is 5.92 Å². The van der Waals surface area contributed by atoms with E-state index in [9.17, 15) is 9.59 Å². The predicted molar refractivity (Wildman–Crippen MR) is 83.8 cm³/mol. The number of rotatable bonds is 4. The molecule has 120 valence electrons. The molecule has 0 bridgehead atoms. The van der Waals surface area contributed by atoms with Crippen molar-refractivity contribution >= 4 is 11.8 Å². The molecule has 1 N–H and O–H groups in total. The number of amides is 2. The summed E-state index contributed by atoms with van der Waals surface area (Å²) >= 11 is 0. The molecule has 1 saturated carbocycles. The molecule has 0 radical (unpaired) electrons. The second-order valence-corrected chi connectivity index (χ2v) is 6.79. The van der Waals surface area contributed by atoms with Gasteiger partial charge in [0, 0.05) is 6.04 Å². The van der Waals surface area contributed by atoms with E-state index in [-0.39, 0.29) is 29.9 Å². The zero-order chi connectivity index (χ0) is 15.4.